The molecule has 0 heterocycles. The Morgan fingerprint density at radius 1 is 1.31 bits per heavy atom. The molecular formula is C9H12Cl2N2. The van der Waals surface area contributed by atoms with Gasteiger partial charge in [-0.2, -0.15) is 0 Å². The van der Waals surface area contributed by atoms with Crippen LogP contribution in [-0.2, 0) is 0 Å². The fraction of sp³-hybridized carbons (Fsp3) is 0.333. The fourth-order valence-corrected chi connectivity index (χ4v) is 1.76. The second kappa shape index (κ2) is 3.64. The van der Waals surface area contributed by atoms with Crippen molar-refractivity contribution >= 4 is 34.6 Å². The molecule has 0 aliphatic rings. The summed E-state index contributed by atoms with van der Waals surface area (Å²) < 4.78 is 0. The highest BCUT2D eigenvalue weighted by Gasteiger charge is 2.12. The quantitative estimate of drug-likeness (QED) is 0.735. The van der Waals surface area contributed by atoms with Gasteiger partial charge in [-0.25, -0.2) is 0 Å². The molecule has 13 heavy (non-hydrogen) atoms. The standard InChI is InChI=1S/C9H12Cl2N2/c1-5-8(11)6(10)4-7(12)9(5)13(2)3/h4H,12H2,1-3H3. The zero-order valence-corrected chi connectivity index (χ0v) is 9.37. The van der Waals surface area contributed by atoms with E-state index in [2.05, 4.69) is 0 Å². The maximum Gasteiger partial charge on any atom is 0.0643 e. The van der Waals surface area contributed by atoms with Crippen molar-refractivity contribution in [1.29, 1.82) is 0 Å². The lowest BCUT2D eigenvalue weighted by Crippen LogP contribution is -2.13. The van der Waals surface area contributed by atoms with Gasteiger partial charge < -0.3 is 10.6 Å². The highest BCUT2D eigenvalue weighted by molar-refractivity contribution is 6.43. The lowest BCUT2D eigenvalue weighted by Gasteiger charge is -2.19. The maximum absolute atomic E-state index is 5.98. The molecule has 0 saturated heterocycles. The highest BCUT2D eigenvalue weighted by Crippen LogP contribution is 2.36. The first-order valence-corrected chi connectivity index (χ1v) is 4.62. The lowest BCUT2D eigenvalue weighted by atomic mass is 10.1. The molecule has 0 spiro atoms. The van der Waals surface area contributed by atoms with Gasteiger partial charge in [-0.15, -0.1) is 0 Å². The van der Waals surface area contributed by atoms with Gasteiger partial charge >= 0.3 is 0 Å². The Kier molecular flexibility index (Phi) is 2.94. The number of nitrogens with zero attached hydrogens (tertiary/aromatic N) is 1. The molecule has 0 amide bonds. The van der Waals surface area contributed by atoms with E-state index in [9.17, 15) is 0 Å². The molecule has 1 aromatic rings. The Morgan fingerprint density at radius 3 is 2.31 bits per heavy atom. The first-order chi connectivity index (χ1) is 5.95. The first-order valence-electron chi connectivity index (χ1n) is 3.86. The molecule has 0 radical (unpaired) electrons. The number of hydrogen-bond donors (Lipinski definition) is 1. The predicted octanol–water partition coefficient (Wildman–Crippen LogP) is 2.95. The fourth-order valence-electron chi connectivity index (χ4n) is 1.36. The van der Waals surface area contributed by atoms with Gasteiger partial charge in [0.05, 0.1) is 21.4 Å². The largest absolute Gasteiger partial charge is 0.397 e. The van der Waals surface area contributed by atoms with Crippen LogP contribution < -0.4 is 10.6 Å². The van der Waals surface area contributed by atoms with Crippen LogP contribution in [0.5, 0.6) is 0 Å². The molecule has 1 rings (SSSR count). The molecule has 0 unspecified atom stereocenters. The smallest absolute Gasteiger partial charge is 0.0643 e. The number of benzene rings is 1. The normalized spacial score (nSPS) is 10.2. The van der Waals surface area contributed by atoms with E-state index in [1.54, 1.807) is 6.07 Å². The zero-order valence-electron chi connectivity index (χ0n) is 7.86. The summed E-state index contributed by atoms with van der Waals surface area (Å²) in [6, 6.07) is 1.67. The second-order valence-electron chi connectivity index (χ2n) is 3.13. The molecule has 72 valence electrons. The van der Waals surface area contributed by atoms with Crippen molar-refractivity contribution in [3.8, 4) is 0 Å². The maximum atomic E-state index is 5.98. The third-order valence-corrected chi connectivity index (χ3v) is 2.78. The number of halogens is 2. The second-order valence-corrected chi connectivity index (χ2v) is 3.91. The Balaban J connectivity index is 3.44. The average molecular weight is 219 g/mol. The lowest BCUT2D eigenvalue weighted by molar-refractivity contribution is 1.12. The van der Waals surface area contributed by atoms with Crippen molar-refractivity contribution in [3.63, 3.8) is 0 Å². The van der Waals surface area contributed by atoms with Crippen molar-refractivity contribution in [2.75, 3.05) is 24.7 Å². The van der Waals surface area contributed by atoms with Gasteiger partial charge in [0.15, 0.2) is 0 Å². The molecular weight excluding hydrogens is 207 g/mol. The molecule has 0 bridgehead atoms. The summed E-state index contributed by atoms with van der Waals surface area (Å²) in [4.78, 5) is 1.92. The van der Waals surface area contributed by atoms with Crippen molar-refractivity contribution in [2.24, 2.45) is 0 Å². The van der Waals surface area contributed by atoms with Crippen molar-refractivity contribution in [1.82, 2.24) is 0 Å². The Hall–Kier alpha value is -0.600. The third-order valence-electron chi connectivity index (χ3n) is 1.90. The van der Waals surface area contributed by atoms with Crippen LogP contribution in [0, 0.1) is 6.92 Å². The summed E-state index contributed by atoms with van der Waals surface area (Å²) in [5.74, 6) is 0. The van der Waals surface area contributed by atoms with Gasteiger partial charge in [0, 0.05) is 14.1 Å². The van der Waals surface area contributed by atoms with E-state index in [-0.39, 0.29) is 0 Å². The summed E-state index contributed by atoms with van der Waals surface area (Å²) in [7, 11) is 3.84. The van der Waals surface area contributed by atoms with Crippen LogP contribution in [0.3, 0.4) is 0 Å². The summed E-state index contributed by atoms with van der Waals surface area (Å²) in [5, 5.41) is 1.07. The molecule has 2 N–H and O–H groups in total. The number of anilines is 2. The van der Waals surface area contributed by atoms with Gasteiger partial charge in [0.1, 0.15) is 0 Å². The van der Waals surface area contributed by atoms with Crippen molar-refractivity contribution in [3.05, 3.63) is 21.7 Å². The van der Waals surface area contributed by atoms with Crippen LogP contribution in [0.4, 0.5) is 11.4 Å². The summed E-state index contributed by atoms with van der Waals surface area (Å²) in [6.07, 6.45) is 0. The minimum Gasteiger partial charge on any atom is -0.397 e. The van der Waals surface area contributed by atoms with Gasteiger partial charge in [-0.1, -0.05) is 23.2 Å². The van der Waals surface area contributed by atoms with E-state index in [1.165, 1.54) is 0 Å². The molecule has 0 aliphatic carbocycles. The van der Waals surface area contributed by atoms with Crippen LogP contribution >= 0.6 is 23.2 Å². The predicted molar refractivity (Wildman–Crippen MR) is 59.9 cm³/mol. The van der Waals surface area contributed by atoms with E-state index in [0.29, 0.717) is 15.7 Å². The molecule has 2 nitrogen and oxygen atoms in total. The highest BCUT2D eigenvalue weighted by atomic mass is 35.5. The van der Waals surface area contributed by atoms with Crippen molar-refractivity contribution in [2.45, 2.75) is 6.92 Å². The third kappa shape index (κ3) is 1.84. The molecule has 0 aromatic heterocycles. The van der Waals surface area contributed by atoms with E-state index in [4.69, 9.17) is 28.9 Å². The Morgan fingerprint density at radius 2 is 1.85 bits per heavy atom. The number of rotatable bonds is 1. The first kappa shape index (κ1) is 10.5. The Labute approximate surface area is 88.2 Å². The summed E-state index contributed by atoms with van der Waals surface area (Å²) in [5.41, 5.74) is 8.30. The van der Waals surface area contributed by atoms with Crippen molar-refractivity contribution < 1.29 is 0 Å². The van der Waals surface area contributed by atoms with Crippen LogP contribution in [0.2, 0.25) is 10.0 Å². The van der Waals surface area contributed by atoms with Crippen LogP contribution in [0.25, 0.3) is 0 Å². The number of hydrogen-bond acceptors (Lipinski definition) is 2. The number of nitrogen functional groups attached to an aromatic ring is 1. The summed E-state index contributed by atoms with van der Waals surface area (Å²) in [6.45, 7) is 1.90. The van der Waals surface area contributed by atoms with Crippen LogP contribution in [0.1, 0.15) is 5.56 Å². The van der Waals surface area contributed by atoms with Gasteiger partial charge in [0.25, 0.3) is 0 Å². The van der Waals surface area contributed by atoms with Gasteiger partial charge in [-0.3, -0.25) is 0 Å². The monoisotopic (exact) mass is 218 g/mol. The van der Waals surface area contributed by atoms with E-state index >= 15 is 0 Å². The molecule has 4 heteroatoms. The van der Waals surface area contributed by atoms with Crippen LogP contribution in [-0.4, -0.2) is 14.1 Å². The minimum absolute atomic E-state index is 0.502. The minimum atomic E-state index is 0.502. The van der Waals surface area contributed by atoms with E-state index in [0.717, 1.165) is 11.3 Å². The van der Waals surface area contributed by atoms with Gasteiger partial charge in [-0.05, 0) is 18.6 Å². The Bertz CT molecular complexity index is 335. The molecule has 0 fully saturated rings. The average Bonchev–Trinajstić information content (AvgIpc) is 1.99. The molecule has 0 saturated carbocycles. The van der Waals surface area contributed by atoms with E-state index < -0.39 is 0 Å². The van der Waals surface area contributed by atoms with E-state index in [1.807, 2.05) is 25.9 Å². The molecule has 1 aromatic carbocycles. The zero-order chi connectivity index (χ0) is 10.2. The summed E-state index contributed by atoms with van der Waals surface area (Å²) >= 11 is 11.9. The SMILES string of the molecule is Cc1c(Cl)c(Cl)cc(N)c1N(C)C. The van der Waals surface area contributed by atoms with Gasteiger partial charge in [0.2, 0.25) is 0 Å². The molecule has 0 aliphatic heterocycles. The topological polar surface area (TPSA) is 29.3 Å². The van der Waals surface area contributed by atoms with Crippen LogP contribution in [0.15, 0.2) is 6.07 Å². The number of nitrogens with two attached hydrogens (primary N) is 1. The molecule has 0 atom stereocenters.